The highest BCUT2D eigenvalue weighted by Crippen LogP contribution is 2.27. The molecule has 3 rings (SSSR count). The lowest BCUT2D eigenvalue weighted by molar-refractivity contribution is -0.129. The molecule has 1 aromatic carbocycles. The second kappa shape index (κ2) is 5.71. The van der Waals surface area contributed by atoms with Crippen molar-refractivity contribution in [2.24, 2.45) is 4.99 Å². The summed E-state index contributed by atoms with van der Waals surface area (Å²) in [7, 11) is 1.55. The maximum absolute atomic E-state index is 11.8. The molecule has 2 heterocycles. The number of esters is 1. The van der Waals surface area contributed by atoms with Crippen LogP contribution < -0.4 is 4.74 Å². The van der Waals surface area contributed by atoms with Crippen molar-refractivity contribution in [3.63, 3.8) is 0 Å². The number of rotatable bonds is 3. The fraction of sp³-hybridized carbons (Fsp3) is 0.0667. The van der Waals surface area contributed by atoms with Gasteiger partial charge in [0, 0.05) is 0 Å². The number of hydrogen-bond acceptors (Lipinski definition) is 5. The first kappa shape index (κ1) is 13.9. The van der Waals surface area contributed by atoms with Gasteiger partial charge in [0.25, 0.3) is 0 Å². The molecule has 0 saturated carbocycles. The highest BCUT2D eigenvalue weighted by Gasteiger charge is 2.24. The molecule has 4 nitrogen and oxygen atoms in total. The molecule has 6 heteroatoms. The summed E-state index contributed by atoms with van der Waals surface area (Å²) in [4.78, 5) is 16.9. The predicted octanol–water partition coefficient (Wildman–Crippen LogP) is 3.75. The summed E-state index contributed by atoms with van der Waals surface area (Å²) < 4.78 is 10.2. The molecule has 106 valence electrons. The van der Waals surface area contributed by atoms with Crippen molar-refractivity contribution in [1.29, 1.82) is 0 Å². The lowest BCUT2D eigenvalue weighted by atomic mass is 10.2. The summed E-state index contributed by atoms with van der Waals surface area (Å²) in [6, 6.07) is 8.97. The Bertz CT molecular complexity index is 750. The predicted molar refractivity (Wildman–Crippen MR) is 82.9 cm³/mol. The Morgan fingerprint density at radius 3 is 2.90 bits per heavy atom. The third-order valence-corrected chi connectivity index (χ3v) is 3.98. The number of benzene rings is 1. The normalized spacial score (nSPS) is 16.0. The van der Waals surface area contributed by atoms with E-state index in [9.17, 15) is 4.79 Å². The van der Waals surface area contributed by atoms with Crippen LogP contribution in [0.25, 0.3) is 6.08 Å². The second-order valence-electron chi connectivity index (χ2n) is 4.21. The smallest absolute Gasteiger partial charge is 0.363 e. The van der Waals surface area contributed by atoms with E-state index in [0.29, 0.717) is 16.7 Å². The Balaban J connectivity index is 1.92. The summed E-state index contributed by atoms with van der Waals surface area (Å²) in [5.74, 6) is 0.446. The Kier molecular flexibility index (Phi) is 3.77. The first-order chi connectivity index (χ1) is 10.2. The Morgan fingerprint density at radius 2 is 2.24 bits per heavy atom. The Morgan fingerprint density at radius 1 is 1.38 bits per heavy atom. The van der Waals surface area contributed by atoms with Crippen molar-refractivity contribution >= 4 is 40.9 Å². The average Bonchev–Trinajstić information content (AvgIpc) is 3.10. The zero-order valence-electron chi connectivity index (χ0n) is 11.0. The Hall–Kier alpha value is -2.11. The third kappa shape index (κ3) is 2.84. The van der Waals surface area contributed by atoms with E-state index in [1.807, 2.05) is 17.5 Å². The van der Waals surface area contributed by atoms with Crippen LogP contribution in [0.3, 0.4) is 0 Å². The van der Waals surface area contributed by atoms with E-state index >= 15 is 0 Å². The summed E-state index contributed by atoms with van der Waals surface area (Å²) in [6.07, 6.45) is 1.63. The van der Waals surface area contributed by atoms with Crippen molar-refractivity contribution in [3.8, 4) is 5.75 Å². The first-order valence-corrected chi connectivity index (χ1v) is 7.33. The minimum absolute atomic E-state index is 0.250. The minimum Gasteiger partial charge on any atom is -0.495 e. The molecule has 0 saturated heterocycles. The zero-order chi connectivity index (χ0) is 14.8. The van der Waals surface area contributed by atoms with Gasteiger partial charge in [0.2, 0.25) is 5.90 Å². The second-order valence-corrected chi connectivity index (χ2v) is 5.56. The largest absolute Gasteiger partial charge is 0.495 e. The van der Waals surface area contributed by atoms with Gasteiger partial charge in [-0.1, -0.05) is 23.7 Å². The number of nitrogens with zero attached hydrogens (tertiary/aromatic N) is 1. The number of aliphatic imine (C=N–C) groups is 1. The molecule has 0 atom stereocenters. The lowest BCUT2D eigenvalue weighted by Gasteiger charge is -2.03. The number of carbonyl (C=O) groups is 1. The van der Waals surface area contributed by atoms with Gasteiger partial charge in [0.1, 0.15) is 5.75 Å². The molecule has 1 aromatic heterocycles. The summed E-state index contributed by atoms with van der Waals surface area (Å²) in [5.41, 5.74) is 1.00. The van der Waals surface area contributed by atoms with Gasteiger partial charge in [-0.05, 0) is 35.2 Å². The molecule has 2 aromatic rings. The van der Waals surface area contributed by atoms with E-state index < -0.39 is 5.97 Å². The van der Waals surface area contributed by atoms with Gasteiger partial charge in [-0.2, -0.15) is 0 Å². The Labute approximate surface area is 130 Å². The summed E-state index contributed by atoms with van der Waals surface area (Å²) >= 11 is 7.52. The first-order valence-electron chi connectivity index (χ1n) is 6.07. The number of halogens is 1. The van der Waals surface area contributed by atoms with Crippen LogP contribution in [0.4, 0.5) is 0 Å². The van der Waals surface area contributed by atoms with E-state index in [4.69, 9.17) is 21.1 Å². The van der Waals surface area contributed by atoms with Gasteiger partial charge in [-0.25, -0.2) is 9.79 Å². The fourth-order valence-corrected chi connectivity index (χ4v) is 2.76. The number of methoxy groups -OCH3 is 1. The highest BCUT2D eigenvalue weighted by molar-refractivity contribution is 7.12. The monoisotopic (exact) mass is 319 g/mol. The molecule has 1 aliphatic rings. The van der Waals surface area contributed by atoms with Crippen LogP contribution in [-0.2, 0) is 9.53 Å². The fourth-order valence-electron chi connectivity index (χ4n) is 1.85. The number of thiophene rings is 1. The number of ether oxygens (including phenoxy) is 2. The third-order valence-electron chi connectivity index (χ3n) is 2.83. The molecular weight excluding hydrogens is 310 g/mol. The van der Waals surface area contributed by atoms with Gasteiger partial charge < -0.3 is 9.47 Å². The van der Waals surface area contributed by atoms with Crippen LogP contribution >= 0.6 is 22.9 Å². The van der Waals surface area contributed by atoms with E-state index in [2.05, 4.69) is 4.99 Å². The quantitative estimate of drug-likeness (QED) is 0.639. The van der Waals surface area contributed by atoms with Gasteiger partial charge in [0.15, 0.2) is 5.70 Å². The molecule has 0 radical (unpaired) electrons. The van der Waals surface area contributed by atoms with Gasteiger partial charge in [-0.3, -0.25) is 0 Å². The zero-order valence-corrected chi connectivity index (χ0v) is 12.6. The highest BCUT2D eigenvalue weighted by atomic mass is 35.5. The van der Waals surface area contributed by atoms with Crippen LogP contribution in [0.2, 0.25) is 5.02 Å². The summed E-state index contributed by atoms with van der Waals surface area (Å²) in [6.45, 7) is 0. The average molecular weight is 320 g/mol. The topological polar surface area (TPSA) is 47.9 Å². The van der Waals surface area contributed by atoms with E-state index in [1.165, 1.54) is 11.3 Å². The van der Waals surface area contributed by atoms with Crippen LogP contribution in [0, 0.1) is 0 Å². The molecule has 21 heavy (non-hydrogen) atoms. The lowest BCUT2D eigenvalue weighted by Crippen LogP contribution is -2.03. The molecular formula is C15H10ClNO3S. The maximum atomic E-state index is 11.8. The van der Waals surface area contributed by atoms with Gasteiger partial charge >= 0.3 is 5.97 Å². The molecule has 1 aliphatic heterocycles. The number of cyclic esters (lactones) is 1. The number of hydrogen-bond donors (Lipinski definition) is 0. The molecule has 0 amide bonds. The van der Waals surface area contributed by atoms with Crippen molar-refractivity contribution in [3.05, 3.63) is 56.9 Å². The van der Waals surface area contributed by atoms with Gasteiger partial charge in [-0.15, -0.1) is 11.3 Å². The van der Waals surface area contributed by atoms with E-state index in [-0.39, 0.29) is 5.70 Å². The molecule has 0 bridgehead atoms. The van der Waals surface area contributed by atoms with E-state index in [0.717, 1.165) is 10.4 Å². The van der Waals surface area contributed by atoms with Gasteiger partial charge in [0.05, 0.1) is 17.0 Å². The SMILES string of the molecule is COc1ccc(C=C2N=C(c3cccs3)OC2=O)cc1Cl. The minimum atomic E-state index is -0.467. The van der Waals surface area contributed by atoms with Crippen molar-refractivity contribution in [2.45, 2.75) is 0 Å². The van der Waals surface area contributed by atoms with E-state index in [1.54, 1.807) is 31.4 Å². The molecule has 0 N–H and O–H groups in total. The summed E-state index contributed by atoms with van der Waals surface area (Å²) in [5, 5.41) is 2.37. The van der Waals surface area contributed by atoms with Crippen LogP contribution in [0.15, 0.2) is 46.4 Å². The number of carbonyl (C=O) groups excluding carboxylic acids is 1. The maximum Gasteiger partial charge on any atom is 0.363 e. The molecule has 0 unspecified atom stereocenters. The van der Waals surface area contributed by atoms with Crippen LogP contribution in [-0.4, -0.2) is 19.0 Å². The van der Waals surface area contributed by atoms with Crippen molar-refractivity contribution in [1.82, 2.24) is 0 Å². The van der Waals surface area contributed by atoms with Crippen molar-refractivity contribution < 1.29 is 14.3 Å². The van der Waals surface area contributed by atoms with Crippen molar-refractivity contribution in [2.75, 3.05) is 7.11 Å². The van der Waals surface area contributed by atoms with Crippen LogP contribution in [0.5, 0.6) is 5.75 Å². The molecule has 0 aliphatic carbocycles. The molecule has 0 spiro atoms. The van der Waals surface area contributed by atoms with Crippen LogP contribution in [0.1, 0.15) is 10.4 Å². The molecule has 0 fully saturated rings. The standard InChI is InChI=1S/C15H10ClNO3S/c1-19-12-5-4-9(7-10(12)16)8-11-15(18)20-14(17-11)13-3-2-6-21-13/h2-8H,1H3.